The maximum atomic E-state index is 15.3. The second kappa shape index (κ2) is 7.69. The minimum Gasteiger partial charge on any atom is -0.442 e. The normalized spacial score (nSPS) is 25.7. The minimum atomic E-state index is -1.62. The van der Waals surface area contributed by atoms with Crippen LogP contribution in [0, 0.1) is 5.82 Å². The van der Waals surface area contributed by atoms with Crippen LogP contribution >= 0.6 is 0 Å². The first-order valence-electron chi connectivity index (χ1n) is 9.40. The third-order valence-corrected chi connectivity index (χ3v) is 5.48. The van der Waals surface area contributed by atoms with Crippen LogP contribution in [0.3, 0.4) is 0 Å². The molecule has 10 heteroatoms. The zero-order valence-corrected chi connectivity index (χ0v) is 15.8. The number of aliphatic hydroxyl groups excluding tert-OH is 2. The summed E-state index contributed by atoms with van der Waals surface area (Å²) in [7, 11) is 0. The van der Waals surface area contributed by atoms with E-state index in [1.54, 1.807) is 6.07 Å². The van der Waals surface area contributed by atoms with Crippen molar-refractivity contribution in [2.45, 2.75) is 24.3 Å². The van der Waals surface area contributed by atoms with Crippen molar-refractivity contribution in [3.63, 3.8) is 0 Å². The van der Waals surface area contributed by atoms with Gasteiger partial charge in [0, 0.05) is 17.6 Å². The summed E-state index contributed by atoms with van der Waals surface area (Å²) in [6.45, 7) is -1.06. The molecule has 1 aromatic carbocycles. The first kappa shape index (κ1) is 20.3. The quantitative estimate of drug-likeness (QED) is 0.751. The molecule has 2 saturated heterocycles. The van der Waals surface area contributed by atoms with E-state index in [1.807, 2.05) is 0 Å². The number of hydrogen-bond acceptors (Lipinski definition) is 6. The van der Waals surface area contributed by atoms with E-state index in [0.717, 1.165) is 9.80 Å². The lowest BCUT2D eigenvalue weighted by Crippen LogP contribution is -2.61. The molecule has 30 heavy (non-hydrogen) atoms. The van der Waals surface area contributed by atoms with Gasteiger partial charge in [-0.25, -0.2) is 18.4 Å². The third-order valence-electron chi connectivity index (χ3n) is 5.48. The molecule has 2 amide bonds. The van der Waals surface area contributed by atoms with Gasteiger partial charge >= 0.3 is 12.2 Å². The SMILES string of the molecule is O=C1O[C@@H](CO)CN1C1(N2C[C@H](CO)OC2=O)C=CC(c2ccccc2F)=C(F)C1. The summed E-state index contributed by atoms with van der Waals surface area (Å²) in [4.78, 5) is 27.3. The fourth-order valence-corrected chi connectivity index (χ4v) is 3.99. The molecule has 0 aromatic heterocycles. The average Bonchev–Trinajstić information content (AvgIpc) is 3.31. The second-order valence-corrected chi connectivity index (χ2v) is 7.28. The van der Waals surface area contributed by atoms with Crippen LogP contribution in [0.1, 0.15) is 12.0 Å². The predicted molar refractivity (Wildman–Crippen MR) is 99.0 cm³/mol. The Morgan fingerprint density at radius 3 is 2.03 bits per heavy atom. The van der Waals surface area contributed by atoms with Crippen LogP contribution in [0.25, 0.3) is 5.57 Å². The molecular formula is C20H20F2N2O6. The highest BCUT2D eigenvalue weighted by atomic mass is 19.1. The summed E-state index contributed by atoms with van der Waals surface area (Å²) in [6, 6.07) is 5.69. The molecule has 2 aliphatic heterocycles. The van der Waals surface area contributed by atoms with E-state index < -0.39 is 61.3 Å². The molecule has 160 valence electrons. The molecule has 0 unspecified atom stereocenters. The highest BCUT2D eigenvalue weighted by Crippen LogP contribution is 2.42. The van der Waals surface area contributed by atoms with Crippen LogP contribution in [0.15, 0.2) is 42.2 Å². The highest BCUT2D eigenvalue weighted by molar-refractivity contribution is 5.81. The Morgan fingerprint density at radius 1 is 1.00 bits per heavy atom. The monoisotopic (exact) mass is 422 g/mol. The molecule has 1 aliphatic carbocycles. The largest absolute Gasteiger partial charge is 0.442 e. The fraction of sp³-hybridized carbons (Fsp3) is 0.400. The summed E-state index contributed by atoms with van der Waals surface area (Å²) in [5.74, 6) is -1.34. The van der Waals surface area contributed by atoms with Crippen LogP contribution in [0.2, 0.25) is 0 Å². The van der Waals surface area contributed by atoms with Gasteiger partial charge in [0.1, 0.15) is 29.5 Å². The fourth-order valence-electron chi connectivity index (χ4n) is 3.99. The van der Waals surface area contributed by atoms with Crippen LogP contribution in [0.4, 0.5) is 18.4 Å². The zero-order chi connectivity index (χ0) is 21.5. The number of benzene rings is 1. The number of aliphatic hydroxyl groups is 2. The van der Waals surface area contributed by atoms with Crippen molar-refractivity contribution in [1.29, 1.82) is 0 Å². The molecule has 2 fully saturated rings. The first-order chi connectivity index (χ1) is 14.4. The number of rotatable bonds is 5. The standard InChI is InChI=1S/C20H20F2N2O6/c21-16-4-2-1-3-14(16)15-5-6-20(7-17(15)22,23-8-12(10-25)29-18(23)27)24-9-13(11-26)30-19(24)28/h1-6,12-13,25-26H,7-11H2/t12-,13-/m1/s1. The molecular weight excluding hydrogens is 402 g/mol. The Balaban J connectivity index is 1.75. The van der Waals surface area contributed by atoms with Crippen LogP contribution < -0.4 is 0 Å². The van der Waals surface area contributed by atoms with Crippen molar-refractivity contribution in [3.8, 4) is 0 Å². The van der Waals surface area contributed by atoms with Gasteiger partial charge in [0.15, 0.2) is 0 Å². The van der Waals surface area contributed by atoms with E-state index in [-0.39, 0.29) is 24.2 Å². The Hall–Kier alpha value is -2.98. The van der Waals surface area contributed by atoms with E-state index in [1.165, 1.54) is 30.4 Å². The number of carbonyl (C=O) groups is 2. The topological polar surface area (TPSA) is 99.5 Å². The van der Waals surface area contributed by atoms with Crippen molar-refractivity contribution in [1.82, 2.24) is 9.80 Å². The summed E-state index contributed by atoms with van der Waals surface area (Å²) in [5, 5.41) is 18.7. The molecule has 0 radical (unpaired) electrons. The molecule has 4 rings (SSSR count). The van der Waals surface area contributed by atoms with Crippen molar-refractivity contribution in [2.75, 3.05) is 26.3 Å². The van der Waals surface area contributed by atoms with Crippen LogP contribution in [-0.2, 0) is 9.47 Å². The number of cyclic esters (lactones) is 2. The van der Waals surface area contributed by atoms with Crippen molar-refractivity contribution >= 4 is 17.8 Å². The summed E-state index contributed by atoms with van der Waals surface area (Å²) in [5.41, 5.74) is -1.57. The maximum Gasteiger partial charge on any atom is 0.412 e. The second-order valence-electron chi connectivity index (χ2n) is 7.28. The lowest BCUT2D eigenvalue weighted by atomic mass is 9.89. The Labute approximate surface area is 170 Å². The number of halogens is 2. The highest BCUT2D eigenvalue weighted by Gasteiger charge is 2.55. The number of hydrogen-bond donors (Lipinski definition) is 2. The molecule has 0 saturated carbocycles. The Bertz CT molecular complexity index is 902. The van der Waals surface area contributed by atoms with Gasteiger partial charge in [-0.2, -0.15) is 0 Å². The molecule has 3 aliphatic rings. The summed E-state index contributed by atoms with van der Waals surface area (Å²) < 4.78 is 39.7. The molecule has 2 atom stereocenters. The zero-order valence-electron chi connectivity index (χ0n) is 15.8. The van der Waals surface area contributed by atoms with Crippen LogP contribution in [-0.4, -0.2) is 76.4 Å². The molecule has 0 spiro atoms. The minimum absolute atomic E-state index is 0.00118. The van der Waals surface area contributed by atoms with E-state index in [9.17, 15) is 24.2 Å². The van der Waals surface area contributed by atoms with Crippen molar-refractivity contribution in [2.24, 2.45) is 0 Å². The summed E-state index contributed by atoms with van der Waals surface area (Å²) in [6.07, 6.45) is -1.06. The number of ether oxygens (including phenoxy) is 2. The molecule has 2 N–H and O–H groups in total. The Morgan fingerprint density at radius 2 is 1.57 bits per heavy atom. The maximum absolute atomic E-state index is 15.3. The van der Waals surface area contributed by atoms with E-state index >= 15 is 4.39 Å². The predicted octanol–water partition coefficient (Wildman–Crippen LogP) is 1.79. The van der Waals surface area contributed by atoms with Gasteiger partial charge in [-0.1, -0.05) is 24.3 Å². The van der Waals surface area contributed by atoms with Crippen molar-refractivity contribution in [3.05, 3.63) is 53.6 Å². The van der Waals surface area contributed by atoms with Gasteiger partial charge in [0.05, 0.1) is 26.3 Å². The van der Waals surface area contributed by atoms with E-state index in [0.29, 0.717) is 0 Å². The number of nitrogens with zero attached hydrogens (tertiary/aromatic N) is 2. The molecule has 0 bridgehead atoms. The lowest BCUT2D eigenvalue weighted by Gasteiger charge is -2.44. The van der Waals surface area contributed by atoms with Gasteiger partial charge in [-0.15, -0.1) is 0 Å². The van der Waals surface area contributed by atoms with Gasteiger partial charge < -0.3 is 19.7 Å². The van der Waals surface area contributed by atoms with Gasteiger partial charge in [-0.3, -0.25) is 9.80 Å². The van der Waals surface area contributed by atoms with E-state index in [4.69, 9.17) is 9.47 Å². The smallest absolute Gasteiger partial charge is 0.412 e. The van der Waals surface area contributed by atoms with Gasteiger partial charge in [-0.05, 0) is 12.1 Å². The van der Waals surface area contributed by atoms with Gasteiger partial charge in [0.25, 0.3) is 0 Å². The first-order valence-corrected chi connectivity index (χ1v) is 9.40. The summed E-state index contributed by atoms with van der Waals surface area (Å²) >= 11 is 0. The average molecular weight is 422 g/mol. The molecule has 1 aromatic rings. The molecule has 8 nitrogen and oxygen atoms in total. The number of carbonyl (C=O) groups excluding carboxylic acids is 2. The number of amides is 2. The van der Waals surface area contributed by atoms with E-state index in [2.05, 4.69) is 0 Å². The van der Waals surface area contributed by atoms with Crippen molar-refractivity contribution < 1.29 is 38.1 Å². The lowest BCUT2D eigenvalue weighted by molar-refractivity contribution is 0.0377. The van der Waals surface area contributed by atoms with Crippen LogP contribution in [0.5, 0.6) is 0 Å². The third kappa shape index (κ3) is 3.21. The van der Waals surface area contributed by atoms with Gasteiger partial charge in [0.2, 0.25) is 0 Å². The molecule has 2 heterocycles. The number of allylic oxidation sites excluding steroid dienone is 2. The Kier molecular flexibility index (Phi) is 5.20.